The van der Waals surface area contributed by atoms with Crippen LogP contribution in [0.4, 0.5) is 0 Å². The Balaban J connectivity index is 2.65. The first kappa shape index (κ1) is 17.2. The third-order valence-corrected chi connectivity index (χ3v) is 7.08. The maximum atomic E-state index is 4.11. The molecule has 20 heavy (non-hydrogen) atoms. The highest BCUT2D eigenvalue weighted by atomic mass is 31.1. The topological polar surface area (TPSA) is 0 Å². The molecular formula is C19H29P. The molecule has 0 aliphatic carbocycles. The maximum absolute atomic E-state index is 4.11. The Kier molecular flexibility index (Phi) is 6.69. The van der Waals surface area contributed by atoms with Crippen LogP contribution in [0.2, 0.25) is 0 Å². The Bertz CT molecular complexity index is 448. The number of rotatable bonds is 6. The van der Waals surface area contributed by atoms with Crippen molar-refractivity contribution < 1.29 is 0 Å². The van der Waals surface area contributed by atoms with Gasteiger partial charge in [-0.05, 0) is 43.3 Å². The third kappa shape index (κ3) is 6.53. The van der Waals surface area contributed by atoms with Gasteiger partial charge >= 0.3 is 0 Å². The molecule has 1 unspecified atom stereocenters. The molecule has 1 aromatic rings. The Morgan fingerprint density at radius 3 is 2.20 bits per heavy atom. The minimum atomic E-state index is -0.0288. The Hall–Kier alpha value is -0.870. The van der Waals surface area contributed by atoms with Crippen LogP contribution >= 0.6 is 7.92 Å². The van der Waals surface area contributed by atoms with Crippen LogP contribution in [0.25, 0.3) is 0 Å². The fourth-order valence-corrected chi connectivity index (χ4v) is 4.57. The quantitative estimate of drug-likeness (QED) is 0.442. The molecule has 1 atom stereocenters. The minimum absolute atomic E-state index is 0.0288. The standard InChI is InChI=1S/C19H29P/c1-16(2)14-20(19(4,5)6)15-17(3)12-13-18-10-8-7-9-11-18/h7-12H,1,13-15H2,2-6H3/b17-12+. The lowest BCUT2D eigenvalue weighted by Gasteiger charge is -2.32. The van der Waals surface area contributed by atoms with Crippen molar-refractivity contribution in [2.24, 2.45) is 0 Å². The van der Waals surface area contributed by atoms with Gasteiger partial charge in [0, 0.05) is 0 Å². The van der Waals surface area contributed by atoms with Gasteiger partial charge in [0.15, 0.2) is 0 Å². The third-order valence-electron chi connectivity index (χ3n) is 3.38. The zero-order valence-corrected chi connectivity index (χ0v) is 14.6. The molecule has 0 heterocycles. The summed E-state index contributed by atoms with van der Waals surface area (Å²) in [6, 6.07) is 10.7. The second-order valence-electron chi connectivity index (χ2n) is 6.72. The normalized spacial score (nSPS) is 14.2. The summed E-state index contributed by atoms with van der Waals surface area (Å²) in [5.74, 6) is 0. The molecule has 0 radical (unpaired) electrons. The zero-order chi connectivity index (χ0) is 15.2. The fourth-order valence-electron chi connectivity index (χ4n) is 2.13. The van der Waals surface area contributed by atoms with Crippen LogP contribution < -0.4 is 0 Å². The maximum Gasteiger partial charge on any atom is -0.00947 e. The molecule has 0 amide bonds. The van der Waals surface area contributed by atoms with E-state index in [9.17, 15) is 0 Å². The summed E-state index contributed by atoms with van der Waals surface area (Å²) < 4.78 is 0. The first-order valence-corrected chi connectivity index (χ1v) is 9.09. The Morgan fingerprint density at radius 1 is 1.10 bits per heavy atom. The molecule has 0 aliphatic rings. The predicted octanol–water partition coefficient (Wildman–Crippen LogP) is 6.03. The summed E-state index contributed by atoms with van der Waals surface area (Å²) in [6.07, 6.45) is 5.87. The summed E-state index contributed by atoms with van der Waals surface area (Å²) in [5.41, 5.74) is 4.24. The van der Waals surface area contributed by atoms with E-state index >= 15 is 0 Å². The molecule has 0 saturated carbocycles. The first-order chi connectivity index (χ1) is 9.29. The van der Waals surface area contributed by atoms with Gasteiger partial charge in [0.1, 0.15) is 0 Å². The van der Waals surface area contributed by atoms with E-state index in [0.29, 0.717) is 5.16 Å². The fraction of sp³-hybridized carbons (Fsp3) is 0.474. The monoisotopic (exact) mass is 288 g/mol. The van der Waals surface area contributed by atoms with Crippen molar-refractivity contribution in [3.8, 4) is 0 Å². The zero-order valence-electron chi connectivity index (χ0n) is 13.7. The number of allylic oxidation sites excluding steroid dienone is 3. The lowest BCUT2D eigenvalue weighted by atomic mass is 10.1. The van der Waals surface area contributed by atoms with Crippen LogP contribution in [0.3, 0.4) is 0 Å². The molecular weight excluding hydrogens is 259 g/mol. The van der Waals surface area contributed by atoms with Crippen molar-refractivity contribution >= 4 is 7.92 Å². The van der Waals surface area contributed by atoms with Crippen molar-refractivity contribution in [1.82, 2.24) is 0 Å². The summed E-state index contributed by atoms with van der Waals surface area (Å²) in [4.78, 5) is 0. The summed E-state index contributed by atoms with van der Waals surface area (Å²) >= 11 is 0. The first-order valence-electron chi connectivity index (χ1n) is 7.38. The van der Waals surface area contributed by atoms with Gasteiger partial charge in [0.25, 0.3) is 0 Å². The van der Waals surface area contributed by atoms with Gasteiger partial charge in [0.05, 0.1) is 0 Å². The van der Waals surface area contributed by atoms with Crippen molar-refractivity contribution in [3.63, 3.8) is 0 Å². The molecule has 1 aromatic carbocycles. The van der Waals surface area contributed by atoms with E-state index in [2.05, 4.69) is 77.6 Å². The molecule has 1 rings (SSSR count). The van der Waals surface area contributed by atoms with Crippen molar-refractivity contribution in [3.05, 3.63) is 59.7 Å². The van der Waals surface area contributed by atoms with Gasteiger partial charge in [0.2, 0.25) is 0 Å². The lowest BCUT2D eigenvalue weighted by Crippen LogP contribution is -2.16. The largest absolute Gasteiger partial charge is 0.0998 e. The highest BCUT2D eigenvalue weighted by Crippen LogP contribution is 2.51. The van der Waals surface area contributed by atoms with Gasteiger partial charge in [-0.15, -0.1) is 0 Å². The van der Waals surface area contributed by atoms with Crippen molar-refractivity contribution in [2.75, 3.05) is 12.3 Å². The van der Waals surface area contributed by atoms with Gasteiger partial charge in [-0.25, -0.2) is 0 Å². The van der Waals surface area contributed by atoms with Crippen LogP contribution in [0.15, 0.2) is 54.1 Å². The average Bonchev–Trinajstić information content (AvgIpc) is 2.35. The molecule has 0 nitrogen and oxygen atoms in total. The average molecular weight is 288 g/mol. The highest BCUT2D eigenvalue weighted by molar-refractivity contribution is 7.59. The van der Waals surface area contributed by atoms with Gasteiger partial charge in [-0.3, -0.25) is 0 Å². The van der Waals surface area contributed by atoms with Gasteiger partial charge < -0.3 is 0 Å². The molecule has 1 heteroatoms. The highest BCUT2D eigenvalue weighted by Gasteiger charge is 2.23. The van der Waals surface area contributed by atoms with Crippen molar-refractivity contribution in [1.29, 1.82) is 0 Å². The molecule has 110 valence electrons. The van der Waals surface area contributed by atoms with Crippen LogP contribution in [0.1, 0.15) is 40.2 Å². The van der Waals surface area contributed by atoms with Crippen LogP contribution in [0.5, 0.6) is 0 Å². The number of hydrogen-bond donors (Lipinski definition) is 0. The SMILES string of the molecule is C=C(C)CP(C/C(C)=C/Cc1ccccc1)C(C)(C)C. The molecule has 0 aromatic heterocycles. The molecule has 0 spiro atoms. The van der Waals surface area contributed by atoms with Gasteiger partial charge in [-0.2, -0.15) is 0 Å². The van der Waals surface area contributed by atoms with E-state index in [1.807, 2.05) is 0 Å². The molecule has 0 N–H and O–H groups in total. The van der Waals surface area contributed by atoms with E-state index < -0.39 is 0 Å². The van der Waals surface area contributed by atoms with E-state index in [0.717, 1.165) is 6.42 Å². The van der Waals surface area contributed by atoms with E-state index in [4.69, 9.17) is 0 Å². The van der Waals surface area contributed by atoms with E-state index in [-0.39, 0.29) is 7.92 Å². The van der Waals surface area contributed by atoms with E-state index in [1.165, 1.54) is 29.0 Å². The van der Waals surface area contributed by atoms with Crippen LogP contribution in [-0.2, 0) is 6.42 Å². The summed E-state index contributed by atoms with van der Waals surface area (Å²) in [6.45, 7) is 15.6. The van der Waals surface area contributed by atoms with Crippen molar-refractivity contribution in [2.45, 2.75) is 46.2 Å². The number of benzene rings is 1. The molecule has 0 saturated heterocycles. The predicted molar refractivity (Wildman–Crippen MR) is 95.1 cm³/mol. The summed E-state index contributed by atoms with van der Waals surface area (Å²) in [7, 11) is -0.0288. The lowest BCUT2D eigenvalue weighted by molar-refractivity contribution is 0.781. The van der Waals surface area contributed by atoms with Gasteiger partial charge in [-0.1, -0.05) is 82.8 Å². The van der Waals surface area contributed by atoms with E-state index in [1.54, 1.807) is 0 Å². The molecule has 0 aliphatic heterocycles. The summed E-state index contributed by atoms with van der Waals surface area (Å²) in [5, 5.41) is 0.399. The van der Waals surface area contributed by atoms with Crippen LogP contribution in [-0.4, -0.2) is 17.5 Å². The van der Waals surface area contributed by atoms with Crippen LogP contribution in [0, 0.1) is 0 Å². The molecule has 0 bridgehead atoms. The second kappa shape index (κ2) is 7.79. The molecule has 0 fully saturated rings. The Morgan fingerprint density at radius 2 is 1.70 bits per heavy atom. The second-order valence-corrected chi connectivity index (χ2v) is 9.78. The minimum Gasteiger partial charge on any atom is -0.0998 e. The Labute approximate surface area is 126 Å². The number of hydrogen-bond acceptors (Lipinski definition) is 0. The smallest absolute Gasteiger partial charge is 0.00947 e.